The molecule has 114 valence electrons. The molecule has 1 heterocycles. The maximum atomic E-state index is 6.22. The van der Waals surface area contributed by atoms with E-state index in [1.807, 2.05) is 32.2 Å². The van der Waals surface area contributed by atoms with E-state index in [1.165, 1.54) is 0 Å². The molecule has 21 heavy (non-hydrogen) atoms. The van der Waals surface area contributed by atoms with Crippen molar-refractivity contribution in [2.75, 3.05) is 6.54 Å². The third kappa shape index (κ3) is 3.90. The van der Waals surface area contributed by atoms with Crippen LogP contribution in [0.1, 0.15) is 23.7 Å². The van der Waals surface area contributed by atoms with E-state index in [-0.39, 0.29) is 0 Å². The highest BCUT2D eigenvalue weighted by atomic mass is 35.5. The van der Waals surface area contributed by atoms with Crippen LogP contribution in [0, 0.1) is 6.92 Å². The van der Waals surface area contributed by atoms with Gasteiger partial charge in [0.15, 0.2) is 0 Å². The van der Waals surface area contributed by atoms with Gasteiger partial charge in [0.2, 0.25) is 0 Å². The molecule has 0 saturated heterocycles. The van der Waals surface area contributed by atoms with Crippen molar-refractivity contribution >= 4 is 23.2 Å². The van der Waals surface area contributed by atoms with Gasteiger partial charge in [-0.15, -0.1) is 0 Å². The molecule has 0 radical (unpaired) electrons. The van der Waals surface area contributed by atoms with E-state index >= 15 is 0 Å². The molecule has 0 fully saturated rings. The molecule has 0 aliphatic heterocycles. The molecule has 0 spiro atoms. The van der Waals surface area contributed by atoms with E-state index in [4.69, 9.17) is 27.9 Å². The Morgan fingerprint density at radius 2 is 2.10 bits per heavy atom. The molecule has 0 unspecified atom stereocenters. The summed E-state index contributed by atoms with van der Waals surface area (Å²) in [6.07, 6.45) is 0. The second kappa shape index (κ2) is 7.16. The highest BCUT2D eigenvalue weighted by Crippen LogP contribution is 2.26. The number of nitrogens with one attached hydrogen (secondary N) is 1. The second-order valence-electron chi connectivity index (χ2n) is 4.80. The van der Waals surface area contributed by atoms with Gasteiger partial charge in [-0.05, 0) is 31.7 Å². The maximum Gasteiger partial charge on any atom is 0.133 e. The lowest BCUT2D eigenvalue weighted by atomic mass is 10.2. The number of aryl methyl sites for hydroxylation is 2. The van der Waals surface area contributed by atoms with Gasteiger partial charge in [-0.1, -0.05) is 30.1 Å². The summed E-state index contributed by atoms with van der Waals surface area (Å²) < 4.78 is 7.56. The standard InChI is InChI=1S/C15H19Cl2N3O/c1-4-18-8-11-7-12(16)5-6-14(11)21-9-13-10(2)19-20(3)15(13)17/h5-7,18H,4,8-9H2,1-3H3. The van der Waals surface area contributed by atoms with Crippen LogP contribution in [0.4, 0.5) is 0 Å². The zero-order valence-corrected chi connectivity index (χ0v) is 13.9. The van der Waals surface area contributed by atoms with Gasteiger partial charge in [-0.25, -0.2) is 0 Å². The first-order valence-electron chi connectivity index (χ1n) is 6.82. The van der Waals surface area contributed by atoms with Gasteiger partial charge in [0, 0.05) is 29.7 Å². The van der Waals surface area contributed by atoms with Crippen LogP contribution in [-0.4, -0.2) is 16.3 Å². The molecular formula is C15H19Cl2N3O. The Hall–Kier alpha value is -1.23. The minimum absolute atomic E-state index is 0.388. The molecular weight excluding hydrogens is 309 g/mol. The average Bonchev–Trinajstić information content (AvgIpc) is 2.69. The number of benzene rings is 1. The lowest BCUT2D eigenvalue weighted by Crippen LogP contribution is -2.13. The van der Waals surface area contributed by atoms with Gasteiger partial charge < -0.3 is 10.1 Å². The van der Waals surface area contributed by atoms with Gasteiger partial charge in [0.05, 0.1) is 5.69 Å². The number of hydrogen-bond donors (Lipinski definition) is 1. The zero-order valence-electron chi connectivity index (χ0n) is 12.4. The summed E-state index contributed by atoms with van der Waals surface area (Å²) in [7, 11) is 1.82. The fourth-order valence-corrected chi connectivity index (χ4v) is 2.50. The highest BCUT2D eigenvalue weighted by Gasteiger charge is 2.13. The van der Waals surface area contributed by atoms with Gasteiger partial charge in [0.25, 0.3) is 0 Å². The topological polar surface area (TPSA) is 39.1 Å². The fourth-order valence-electron chi connectivity index (χ4n) is 2.07. The van der Waals surface area contributed by atoms with E-state index in [9.17, 15) is 0 Å². The molecule has 1 N–H and O–H groups in total. The van der Waals surface area contributed by atoms with E-state index in [0.717, 1.165) is 29.1 Å². The number of hydrogen-bond acceptors (Lipinski definition) is 3. The summed E-state index contributed by atoms with van der Waals surface area (Å²) in [5.41, 5.74) is 2.82. The van der Waals surface area contributed by atoms with E-state index < -0.39 is 0 Å². The summed E-state index contributed by atoms with van der Waals surface area (Å²) in [5.74, 6) is 0.805. The van der Waals surface area contributed by atoms with Crippen LogP contribution in [0.25, 0.3) is 0 Å². The molecule has 0 atom stereocenters. The van der Waals surface area contributed by atoms with Crippen LogP contribution < -0.4 is 10.1 Å². The first-order chi connectivity index (χ1) is 10.0. The number of halogens is 2. The van der Waals surface area contributed by atoms with Crippen molar-refractivity contribution in [3.05, 3.63) is 45.2 Å². The minimum Gasteiger partial charge on any atom is -0.488 e. The average molecular weight is 328 g/mol. The highest BCUT2D eigenvalue weighted by molar-refractivity contribution is 6.30. The van der Waals surface area contributed by atoms with Crippen LogP contribution in [0.3, 0.4) is 0 Å². The SMILES string of the molecule is CCNCc1cc(Cl)ccc1OCc1c(C)nn(C)c1Cl. The molecule has 4 nitrogen and oxygen atoms in total. The van der Waals surface area contributed by atoms with Crippen LogP contribution in [0.15, 0.2) is 18.2 Å². The second-order valence-corrected chi connectivity index (χ2v) is 5.59. The summed E-state index contributed by atoms with van der Waals surface area (Å²) in [5, 5.41) is 8.86. The van der Waals surface area contributed by atoms with E-state index in [0.29, 0.717) is 23.3 Å². The monoisotopic (exact) mass is 327 g/mol. The molecule has 1 aromatic carbocycles. The lowest BCUT2D eigenvalue weighted by molar-refractivity contribution is 0.301. The Kier molecular flexibility index (Phi) is 5.51. The van der Waals surface area contributed by atoms with Gasteiger partial charge >= 0.3 is 0 Å². The Morgan fingerprint density at radius 1 is 1.33 bits per heavy atom. The van der Waals surface area contributed by atoms with Gasteiger partial charge in [0.1, 0.15) is 17.5 Å². The van der Waals surface area contributed by atoms with Gasteiger partial charge in [-0.3, -0.25) is 4.68 Å². The third-order valence-electron chi connectivity index (χ3n) is 3.23. The number of nitrogens with zero attached hydrogens (tertiary/aromatic N) is 2. The number of ether oxygens (including phenoxy) is 1. The van der Waals surface area contributed by atoms with Crippen LogP contribution >= 0.6 is 23.2 Å². The molecule has 0 saturated carbocycles. The first kappa shape index (κ1) is 16.1. The van der Waals surface area contributed by atoms with Crippen molar-refractivity contribution in [1.82, 2.24) is 15.1 Å². The third-order valence-corrected chi connectivity index (χ3v) is 3.94. The molecule has 0 amide bonds. The molecule has 0 aliphatic carbocycles. The Balaban J connectivity index is 2.15. The predicted octanol–water partition coefficient (Wildman–Crippen LogP) is 3.72. The number of rotatable bonds is 6. The van der Waals surface area contributed by atoms with Crippen molar-refractivity contribution in [2.45, 2.75) is 27.0 Å². The maximum absolute atomic E-state index is 6.22. The number of aromatic nitrogens is 2. The summed E-state index contributed by atoms with van der Waals surface area (Å²) in [6, 6.07) is 5.62. The van der Waals surface area contributed by atoms with Crippen molar-refractivity contribution < 1.29 is 4.74 Å². The summed E-state index contributed by atoms with van der Waals surface area (Å²) in [6.45, 7) is 5.97. The van der Waals surface area contributed by atoms with Crippen LogP contribution in [-0.2, 0) is 20.2 Å². The Morgan fingerprint density at radius 3 is 2.71 bits per heavy atom. The lowest BCUT2D eigenvalue weighted by Gasteiger charge is -2.12. The van der Waals surface area contributed by atoms with Crippen molar-refractivity contribution in [3.8, 4) is 5.75 Å². The molecule has 2 rings (SSSR count). The summed E-state index contributed by atoms with van der Waals surface area (Å²) in [4.78, 5) is 0. The van der Waals surface area contributed by atoms with Crippen LogP contribution in [0.2, 0.25) is 10.2 Å². The van der Waals surface area contributed by atoms with E-state index in [2.05, 4.69) is 17.3 Å². The van der Waals surface area contributed by atoms with Crippen molar-refractivity contribution in [3.63, 3.8) is 0 Å². The summed E-state index contributed by atoms with van der Waals surface area (Å²) >= 11 is 12.3. The Labute approximate surface area is 135 Å². The smallest absolute Gasteiger partial charge is 0.133 e. The van der Waals surface area contributed by atoms with Crippen molar-refractivity contribution in [2.24, 2.45) is 7.05 Å². The largest absolute Gasteiger partial charge is 0.488 e. The normalized spacial score (nSPS) is 10.9. The molecule has 0 bridgehead atoms. The van der Waals surface area contributed by atoms with E-state index in [1.54, 1.807) is 4.68 Å². The van der Waals surface area contributed by atoms with Crippen molar-refractivity contribution in [1.29, 1.82) is 0 Å². The molecule has 0 aliphatic rings. The Bertz CT molecular complexity index is 626. The fraction of sp³-hybridized carbons (Fsp3) is 0.400. The molecule has 6 heteroatoms. The minimum atomic E-state index is 0.388. The first-order valence-corrected chi connectivity index (χ1v) is 7.58. The zero-order chi connectivity index (χ0) is 15.4. The molecule has 1 aromatic heterocycles. The quantitative estimate of drug-likeness (QED) is 0.878. The van der Waals surface area contributed by atoms with Crippen LogP contribution in [0.5, 0.6) is 5.75 Å². The molecule has 2 aromatic rings. The predicted molar refractivity (Wildman–Crippen MR) is 86.1 cm³/mol. The van der Waals surface area contributed by atoms with Gasteiger partial charge in [-0.2, -0.15) is 5.10 Å².